The summed E-state index contributed by atoms with van der Waals surface area (Å²) >= 11 is 0. The molecular weight excluding hydrogens is 319 g/mol. The van der Waals surface area contributed by atoms with Gasteiger partial charge in [-0.3, -0.25) is 4.79 Å². The molecule has 0 spiro atoms. The summed E-state index contributed by atoms with van der Waals surface area (Å²) in [7, 11) is -4.89. The number of carbonyl (C=O) groups is 1. The van der Waals surface area contributed by atoms with Crippen LogP contribution in [0.25, 0.3) is 0 Å². The molecule has 0 saturated heterocycles. The number of rotatable bonds is 4. The molecule has 2 aromatic rings. The summed E-state index contributed by atoms with van der Waals surface area (Å²) in [5, 5.41) is 2.14. The van der Waals surface area contributed by atoms with Gasteiger partial charge in [-0.05, 0) is 24.3 Å². The van der Waals surface area contributed by atoms with Crippen LogP contribution in [0.3, 0.4) is 0 Å². The molecule has 0 aliphatic rings. The zero-order valence-electron chi connectivity index (χ0n) is 11.0. The molecule has 0 atom stereocenters. The van der Waals surface area contributed by atoms with Crippen molar-refractivity contribution in [2.24, 2.45) is 0 Å². The largest absolute Gasteiger partial charge is 0.341 e. The average molecular weight is 329 g/mol. The molecule has 2 rings (SSSR count). The molecule has 0 aliphatic heterocycles. The molecule has 0 fully saturated rings. The van der Waals surface area contributed by atoms with E-state index in [2.05, 4.69) is 5.32 Å². The lowest BCUT2D eigenvalue weighted by atomic mass is 10.2. The number of para-hydroxylation sites is 1. The van der Waals surface area contributed by atoms with Crippen molar-refractivity contribution in [3.63, 3.8) is 0 Å². The standard InChI is InChI=1S/C14H10F3NO3S/c15-10-6-2-1-5-9(10)13(19)18-11-7-3-4-8-12(11)22(20,21)14(16)17/h1-8,14H,(H,18,19). The molecule has 0 aromatic heterocycles. The highest BCUT2D eigenvalue weighted by atomic mass is 32.2. The van der Waals surface area contributed by atoms with Crippen LogP contribution in [0.5, 0.6) is 0 Å². The zero-order chi connectivity index (χ0) is 16.3. The third-order valence-corrected chi connectivity index (χ3v) is 4.23. The molecular formula is C14H10F3NO3S. The fourth-order valence-electron chi connectivity index (χ4n) is 1.75. The smallest absolute Gasteiger partial charge is 0.321 e. The molecule has 0 saturated carbocycles. The van der Waals surface area contributed by atoms with Gasteiger partial charge in [-0.2, -0.15) is 8.78 Å². The van der Waals surface area contributed by atoms with Crippen molar-refractivity contribution in [3.8, 4) is 0 Å². The van der Waals surface area contributed by atoms with Gasteiger partial charge in [-0.25, -0.2) is 12.8 Å². The second kappa shape index (κ2) is 6.18. The number of sulfone groups is 1. The quantitative estimate of drug-likeness (QED) is 0.937. The minimum Gasteiger partial charge on any atom is -0.321 e. The Morgan fingerprint density at radius 2 is 1.59 bits per heavy atom. The molecule has 1 N–H and O–H groups in total. The molecule has 0 radical (unpaired) electrons. The summed E-state index contributed by atoms with van der Waals surface area (Å²) in [6.07, 6.45) is 0. The number of halogens is 3. The molecule has 116 valence electrons. The molecule has 0 heterocycles. The molecule has 8 heteroatoms. The minimum atomic E-state index is -4.89. The van der Waals surface area contributed by atoms with Crippen LogP contribution in [-0.4, -0.2) is 20.1 Å². The zero-order valence-corrected chi connectivity index (χ0v) is 11.8. The van der Waals surface area contributed by atoms with Crippen LogP contribution in [0.1, 0.15) is 10.4 Å². The average Bonchev–Trinajstić information content (AvgIpc) is 2.47. The van der Waals surface area contributed by atoms with Crippen LogP contribution in [0.2, 0.25) is 0 Å². The SMILES string of the molecule is O=C(Nc1ccccc1S(=O)(=O)C(F)F)c1ccccc1F. The Bertz CT molecular complexity index is 806. The van der Waals surface area contributed by atoms with E-state index in [1.807, 2.05) is 0 Å². The van der Waals surface area contributed by atoms with Gasteiger partial charge >= 0.3 is 5.76 Å². The van der Waals surface area contributed by atoms with Crippen LogP contribution in [0.15, 0.2) is 53.4 Å². The Labute approximate surface area is 124 Å². The van der Waals surface area contributed by atoms with Crippen molar-refractivity contribution in [2.75, 3.05) is 5.32 Å². The van der Waals surface area contributed by atoms with Crippen LogP contribution < -0.4 is 5.32 Å². The van der Waals surface area contributed by atoms with Gasteiger partial charge in [0.1, 0.15) is 5.82 Å². The highest BCUT2D eigenvalue weighted by Gasteiger charge is 2.29. The number of amides is 1. The number of carbonyl (C=O) groups excluding carboxylic acids is 1. The van der Waals surface area contributed by atoms with E-state index < -0.39 is 32.2 Å². The highest BCUT2D eigenvalue weighted by molar-refractivity contribution is 7.91. The van der Waals surface area contributed by atoms with Gasteiger partial charge in [0.05, 0.1) is 16.1 Å². The van der Waals surface area contributed by atoms with E-state index in [4.69, 9.17) is 0 Å². The maximum absolute atomic E-state index is 13.5. The number of alkyl halides is 2. The van der Waals surface area contributed by atoms with Crippen LogP contribution in [0, 0.1) is 5.82 Å². The Morgan fingerprint density at radius 1 is 1.00 bits per heavy atom. The lowest BCUT2D eigenvalue weighted by Gasteiger charge is -2.11. The van der Waals surface area contributed by atoms with Gasteiger partial charge < -0.3 is 5.32 Å². The predicted octanol–water partition coefficient (Wildman–Crippen LogP) is 3.07. The first kappa shape index (κ1) is 16.0. The van der Waals surface area contributed by atoms with Crippen molar-refractivity contribution < 1.29 is 26.4 Å². The van der Waals surface area contributed by atoms with Crippen molar-refractivity contribution >= 4 is 21.4 Å². The van der Waals surface area contributed by atoms with Crippen LogP contribution in [-0.2, 0) is 9.84 Å². The van der Waals surface area contributed by atoms with E-state index in [0.29, 0.717) is 0 Å². The molecule has 4 nitrogen and oxygen atoms in total. The van der Waals surface area contributed by atoms with Crippen LogP contribution >= 0.6 is 0 Å². The molecule has 0 aliphatic carbocycles. The first-order chi connectivity index (χ1) is 10.3. The maximum Gasteiger partial charge on any atom is 0.341 e. The van der Waals surface area contributed by atoms with Crippen LogP contribution in [0.4, 0.5) is 18.9 Å². The van der Waals surface area contributed by atoms with Gasteiger partial charge in [0.25, 0.3) is 5.91 Å². The second-order valence-electron chi connectivity index (χ2n) is 4.24. The van der Waals surface area contributed by atoms with Gasteiger partial charge in [0.15, 0.2) is 0 Å². The number of hydrogen-bond donors (Lipinski definition) is 1. The normalized spacial score (nSPS) is 11.5. The number of nitrogens with one attached hydrogen (secondary N) is 1. The highest BCUT2D eigenvalue weighted by Crippen LogP contribution is 2.26. The lowest BCUT2D eigenvalue weighted by molar-refractivity contribution is 0.102. The van der Waals surface area contributed by atoms with Gasteiger partial charge in [-0.1, -0.05) is 24.3 Å². The van der Waals surface area contributed by atoms with E-state index in [1.165, 1.54) is 30.3 Å². The van der Waals surface area contributed by atoms with Gasteiger partial charge in [0, 0.05) is 0 Å². The third-order valence-electron chi connectivity index (χ3n) is 2.79. The summed E-state index contributed by atoms with van der Waals surface area (Å²) in [4.78, 5) is 11.2. The van der Waals surface area contributed by atoms with E-state index in [-0.39, 0.29) is 11.3 Å². The molecule has 1 amide bonds. The van der Waals surface area contributed by atoms with Crippen molar-refractivity contribution in [1.82, 2.24) is 0 Å². The summed E-state index contributed by atoms with van der Waals surface area (Å²) in [5.41, 5.74) is -0.664. The van der Waals surface area contributed by atoms with E-state index in [9.17, 15) is 26.4 Å². The second-order valence-corrected chi connectivity index (χ2v) is 6.12. The molecule has 0 unspecified atom stereocenters. The van der Waals surface area contributed by atoms with Gasteiger partial charge in [-0.15, -0.1) is 0 Å². The number of hydrogen-bond acceptors (Lipinski definition) is 3. The first-order valence-electron chi connectivity index (χ1n) is 6.01. The Morgan fingerprint density at radius 3 is 2.23 bits per heavy atom. The van der Waals surface area contributed by atoms with E-state index in [1.54, 1.807) is 0 Å². The third kappa shape index (κ3) is 3.11. The summed E-state index contributed by atoms with van der Waals surface area (Å²) in [6, 6.07) is 9.73. The lowest BCUT2D eigenvalue weighted by Crippen LogP contribution is -2.18. The Balaban J connectivity index is 2.40. The van der Waals surface area contributed by atoms with Crippen molar-refractivity contribution in [2.45, 2.75) is 10.7 Å². The topological polar surface area (TPSA) is 63.2 Å². The minimum absolute atomic E-state index is 0.327. The predicted molar refractivity (Wildman–Crippen MR) is 74.0 cm³/mol. The molecule has 22 heavy (non-hydrogen) atoms. The molecule has 2 aromatic carbocycles. The summed E-state index contributed by atoms with van der Waals surface area (Å²) in [6.45, 7) is 0. The maximum atomic E-state index is 13.5. The fraction of sp³-hybridized carbons (Fsp3) is 0.0714. The fourth-order valence-corrected chi connectivity index (χ4v) is 2.63. The number of anilines is 1. The van der Waals surface area contributed by atoms with E-state index >= 15 is 0 Å². The van der Waals surface area contributed by atoms with E-state index in [0.717, 1.165) is 18.2 Å². The monoisotopic (exact) mass is 329 g/mol. The molecule has 0 bridgehead atoms. The number of benzene rings is 2. The Kier molecular flexibility index (Phi) is 4.51. The van der Waals surface area contributed by atoms with Crippen molar-refractivity contribution in [3.05, 3.63) is 59.9 Å². The van der Waals surface area contributed by atoms with Crippen molar-refractivity contribution in [1.29, 1.82) is 0 Å². The van der Waals surface area contributed by atoms with Gasteiger partial charge in [0.2, 0.25) is 9.84 Å². The first-order valence-corrected chi connectivity index (χ1v) is 7.55. The summed E-state index contributed by atoms with van der Waals surface area (Å²) < 4.78 is 61.9. The Hall–Kier alpha value is -2.35. The summed E-state index contributed by atoms with van der Waals surface area (Å²) in [5.74, 6) is -5.37.